The number of benzene rings is 1. The highest BCUT2D eigenvalue weighted by Crippen LogP contribution is 2.39. The number of nitrogens with zero attached hydrogens (tertiary/aromatic N) is 1. The Morgan fingerprint density at radius 1 is 1.19 bits per heavy atom. The summed E-state index contributed by atoms with van der Waals surface area (Å²) < 4.78 is 0. The molecular weight excluding hydrogens is 258 g/mol. The molecule has 2 atom stereocenters. The maximum atomic E-state index is 10.6. The van der Waals surface area contributed by atoms with Crippen LogP contribution in [0.15, 0.2) is 24.3 Å². The van der Waals surface area contributed by atoms with E-state index >= 15 is 0 Å². The second kappa shape index (κ2) is 7.61. The van der Waals surface area contributed by atoms with Crippen molar-refractivity contribution in [2.45, 2.75) is 70.8 Å². The van der Waals surface area contributed by atoms with Crippen molar-refractivity contribution in [3.8, 4) is 6.07 Å². The highest BCUT2D eigenvalue weighted by molar-refractivity contribution is 5.33. The lowest BCUT2D eigenvalue weighted by Gasteiger charge is -2.36. The highest BCUT2D eigenvalue weighted by atomic mass is 16.3. The van der Waals surface area contributed by atoms with E-state index in [9.17, 15) is 10.4 Å². The average molecular weight is 285 g/mol. The van der Waals surface area contributed by atoms with Crippen LogP contribution in [-0.2, 0) is 12.8 Å². The van der Waals surface area contributed by atoms with Crippen LogP contribution < -0.4 is 0 Å². The smallest absolute Gasteiger partial charge is 0.0875 e. The van der Waals surface area contributed by atoms with Crippen LogP contribution in [0.25, 0.3) is 0 Å². The predicted molar refractivity (Wildman–Crippen MR) is 85.9 cm³/mol. The van der Waals surface area contributed by atoms with Gasteiger partial charge in [0.25, 0.3) is 0 Å². The van der Waals surface area contributed by atoms with E-state index in [0.29, 0.717) is 6.42 Å². The van der Waals surface area contributed by atoms with Crippen LogP contribution in [0, 0.1) is 16.7 Å². The number of hydrogen-bond donors (Lipinski definition) is 1. The molecule has 1 N–H and O–H groups in total. The largest absolute Gasteiger partial charge is 0.391 e. The van der Waals surface area contributed by atoms with Gasteiger partial charge in [0.1, 0.15) is 0 Å². The minimum atomic E-state index is -0.570. The molecule has 0 radical (unpaired) electrons. The number of hydrogen-bond acceptors (Lipinski definition) is 2. The Morgan fingerprint density at radius 3 is 2.62 bits per heavy atom. The molecule has 0 aromatic heterocycles. The summed E-state index contributed by atoms with van der Waals surface area (Å²) in [6.45, 7) is 2.21. The monoisotopic (exact) mass is 285 g/mol. The number of nitriles is 1. The number of fused-ring (bicyclic) bond motifs is 1. The van der Waals surface area contributed by atoms with E-state index in [0.717, 1.165) is 25.7 Å². The summed E-state index contributed by atoms with van der Waals surface area (Å²) >= 11 is 0. The normalized spacial score (nSPS) is 22.3. The molecule has 0 spiro atoms. The van der Waals surface area contributed by atoms with Crippen molar-refractivity contribution in [2.24, 2.45) is 5.41 Å². The summed E-state index contributed by atoms with van der Waals surface area (Å²) in [5, 5.41) is 20.3. The van der Waals surface area contributed by atoms with Crippen LogP contribution in [0.2, 0.25) is 0 Å². The first-order valence-corrected chi connectivity index (χ1v) is 8.38. The molecular formula is C19H27NO. The number of aliphatic hydroxyl groups is 1. The molecule has 0 bridgehead atoms. The van der Waals surface area contributed by atoms with E-state index in [4.69, 9.17) is 0 Å². The molecule has 114 valence electrons. The molecule has 1 aromatic rings. The van der Waals surface area contributed by atoms with Crippen LogP contribution >= 0.6 is 0 Å². The maximum Gasteiger partial charge on any atom is 0.0875 e. The van der Waals surface area contributed by atoms with Crippen molar-refractivity contribution < 1.29 is 5.11 Å². The quantitative estimate of drug-likeness (QED) is 0.754. The molecule has 1 aliphatic rings. The van der Waals surface area contributed by atoms with Crippen molar-refractivity contribution in [2.75, 3.05) is 0 Å². The van der Waals surface area contributed by atoms with Gasteiger partial charge in [0.05, 0.1) is 17.6 Å². The average Bonchev–Trinajstić information content (AvgIpc) is 2.54. The number of unbranched alkanes of at least 4 members (excludes halogenated alkanes) is 4. The van der Waals surface area contributed by atoms with Gasteiger partial charge in [-0.15, -0.1) is 0 Å². The first-order chi connectivity index (χ1) is 10.2. The van der Waals surface area contributed by atoms with Gasteiger partial charge >= 0.3 is 0 Å². The molecule has 2 rings (SSSR count). The third-order valence-electron chi connectivity index (χ3n) is 4.91. The van der Waals surface area contributed by atoms with Gasteiger partial charge in [0.15, 0.2) is 0 Å². The minimum absolute atomic E-state index is 0.488. The molecule has 21 heavy (non-hydrogen) atoms. The summed E-state index contributed by atoms with van der Waals surface area (Å²) in [4.78, 5) is 0. The molecule has 0 aliphatic heterocycles. The van der Waals surface area contributed by atoms with E-state index in [2.05, 4.69) is 31.2 Å². The molecule has 0 heterocycles. The molecule has 1 aliphatic carbocycles. The van der Waals surface area contributed by atoms with Gasteiger partial charge in [-0.1, -0.05) is 63.3 Å². The summed E-state index contributed by atoms with van der Waals surface area (Å²) in [6.07, 6.45) is 8.63. The second-order valence-corrected chi connectivity index (χ2v) is 6.43. The minimum Gasteiger partial charge on any atom is -0.391 e. The van der Waals surface area contributed by atoms with Crippen LogP contribution in [0.5, 0.6) is 0 Å². The van der Waals surface area contributed by atoms with Crippen molar-refractivity contribution in [3.05, 3.63) is 35.4 Å². The lowest BCUT2D eigenvalue weighted by Crippen LogP contribution is -2.39. The Balaban J connectivity index is 1.94. The van der Waals surface area contributed by atoms with Crippen molar-refractivity contribution in [1.82, 2.24) is 0 Å². The van der Waals surface area contributed by atoms with Gasteiger partial charge in [-0.25, -0.2) is 0 Å². The first-order valence-electron chi connectivity index (χ1n) is 8.38. The van der Waals surface area contributed by atoms with Crippen LogP contribution in [0.4, 0.5) is 0 Å². The first kappa shape index (κ1) is 16.0. The van der Waals surface area contributed by atoms with E-state index < -0.39 is 11.5 Å². The van der Waals surface area contributed by atoms with Crippen LogP contribution in [0.1, 0.15) is 63.0 Å². The molecule has 0 fully saturated rings. The van der Waals surface area contributed by atoms with E-state index in [-0.39, 0.29) is 0 Å². The topological polar surface area (TPSA) is 44.0 Å². The fourth-order valence-corrected chi connectivity index (χ4v) is 3.43. The Morgan fingerprint density at radius 2 is 1.90 bits per heavy atom. The SMILES string of the molecule is CCCCCCCC(O)C1(C#N)CCc2ccccc2C1. The molecule has 0 saturated carbocycles. The van der Waals surface area contributed by atoms with E-state index in [1.165, 1.54) is 36.8 Å². The molecule has 0 saturated heterocycles. The van der Waals surface area contributed by atoms with Gasteiger partial charge in [-0.05, 0) is 36.8 Å². The number of rotatable bonds is 7. The zero-order valence-electron chi connectivity index (χ0n) is 13.1. The Hall–Kier alpha value is -1.33. The summed E-state index contributed by atoms with van der Waals surface area (Å²) in [5.74, 6) is 0. The lowest BCUT2D eigenvalue weighted by atomic mass is 9.68. The maximum absolute atomic E-state index is 10.6. The van der Waals surface area contributed by atoms with Crippen LogP contribution in [-0.4, -0.2) is 11.2 Å². The Kier molecular flexibility index (Phi) is 5.82. The zero-order valence-corrected chi connectivity index (χ0v) is 13.1. The molecule has 2 nitrogen and oxygen atoms in total. The number of aliphatic hydroxyl groups excluding tert-OH is 1. The zero-order chi connectivity index (χ0) is 15.1. The van der Waals surface area contributed by atoms with Crippen LogP contribution in [0.3, 0.4) is 0 Å². The predicted octanol–water partition coefficient (Wildman–Crippen LogP) is 4.41. The van der Waals surface area contributed by atoms with Crippen molar-refractivity contribution in [1.29, 1.82) is 5.26 Å². The number of aryl methyl sites for hydroxylation is 1. The van der Waals surface area contributed by atoms with Gasteiger partial charge in [-0.2, -0.15) is 5.26 Å². The summed E-state index contributed by atoms with van der Waals surface area (Å²) in [6, 6.07) is 10.8. The van der Waals surface area contributed by atoms with Gasteiger partial charge < -0.3 is 5.11 Å². The molecule has 2 unspecified atom stereocenters. The molecule has 0 amide bonds. The standard InChI is InChI=1S/C19H27NO/c1-2-3-4-5-6-11-18(21)19(15-20)13-12-16-9-7-8-10-17(16)14-19/h7-10,18,21H,2-6,11-14H2,1H3. The highest BCUT2D eigenvalue weighted by Gasteiger charge is 2.40. The third-order valence-corrected chi connectivity index (χ3v) is 4.91. The lowest BCUT2D eigenvalue weighted by molar-refractivity contribution is 0.0442. The fourth-order valence-electron chi connectivity index (χ4n) is 3.43. The molecule has 1 aromatic carbocycles. The van der Waals surface area contributed by atoms with Crippen molar-refractivity contribution >= 4 is 0 Å². The van der Waals surface area contributed by atoms with E-state index in [1.54, 1.807) is 0 Å². The van der Waals surface area contributed by atoms with Gasteiger partial charge in [0, 0.05) is 0 Å². The third kappa shape index (κ3) is 3.86. The Labute approximate surface area is 128 Å². The molecule has 2 heteroatoms. The van der Waals surface area contributed by atoms with E-state index in [1.807, 2.05) is 6.07 Å². The second-order valence-electron chi connectivity index (χ2n) is 6.43. The van der Waals surface area contributed by atoms with Gasteiger partial charge in [0.2, 0.25) is 0 Å². The van der Waals surface area contributed by atoms with Crippen molar-refractivity contribution in [3.63, 3.8) is 0 Å². The Bertz CT molecular complexity index is 491. The fraction of sp³-hybridized carbons (Fsp3) is 0.632. The summed E-state index contributed by atoms with van der Waals surface area (Å²) in [5.41, 5.74) is 2.02. The summed E-state index contributed by atoms with van der Waals surface area (Å²) in [7, 11) is 0. The van der Waals surface area contributed by atoms with Gasteiger partial charge in [-0.3, -0.25) is 0 Å².